The van der Waals surface area contributed by atoms with E-state index in [0.29, 0.717) is 0 Å². The lowest BCUT2D eigenvalue weighted by molar-refractivity contribution is -0.182. The van der Waals surface area contributed by atoms with Crippen molar-refractivity contribution in [2.75, 3.05) is 14.2 Å². The van der Waals surface area contributed by atoms with Gasteiger partial charge in [-0.3, -0.25) is 0 Å². The quantitative estimate of drug-likeness (QED) is 0.535. The van der Waals surface area contributed by atoms with E-state index < -0.39 is 14.1 Å². The van der Waals surface area contributed by atoms with Crippen molar-refractivity contribution < 1.29 is 13.9 Å². The van der Waals surface area contributed by atoms with Crippen LogP contribution in [0.2, 0.25) is 19.1 Å². The third-order valence-corrected chi connectivity index (χ3v) is 7.34. The van der Waals surface area contributed by atoms with E-state index in [9.17, 15) is 0 Å². The summed E-state index contributed by atoms with van der Waals surface area (Å²) in [5, 5.41) is 0. The number of methoxy groups -OCH3 is 1. The van der Waals surface area contributed by atoms with E-state index >= 15 is 0 Å². The van der Waals surface area contributed by atoms with Gasteiger partial charge in [0.15, 0.2) is 8.32 Å². The summed E-state index contributed by atoms with van der Waals surface area (Å²) in [6.45, 7) is 4.52. The molecular formula is C18H30O3Si. The Bertz CT molecular complexity index is 450. The molecule has 0 spiro atoms. The second-order valence-electron chi connectivity index (χ2n) is 6.89. The SMILES string of the molecule is COC1(Oc2ccc(CC[Si](C)(C)OC)cc2)CCCCC1. The first kappa shape index (κ1) is 17.5. The fourth-order valence-corrected chi connectivity index (χ4v) is 4.02. The van der Waals surface area contributed by atoms with Crippen molar-refractivity contribution in [2.24, 2.45) is 0 Å². The molecule has 0 bridgehead atoms. The number of hydrogen-bond acceptors (Lipinski definition) is 3. The summed E-state index contributed by atoms with van der Waals surface area (Å²) in [5.41, 5.74) is 1.35. The molecule has 0 unspecified atom stereocenters. The van der Waals surface area contributed by atoms with E-state index in [1.807, 2.05) is 7.11 Å². The van der Waals surface area contributed by atoms with E-state index in [4.69, 9.17) is 13.9 Å². The van der Waals surface area contributed by atoms with Crippen molar-refractivity contribution in [3.8, 4) is 5.75 Å². The molecule has 0 aliphatic heterocycles. The Morgan fingerprint density at radius 3 is 2.18 bits per heavy atom. The van der Waals surface area contributed by atoms with Crippen molar-refractivity contribution in [3.63, 3.8) is 0 Å². The van der Waals surface area contributed by atoms with Crippen molar-refractivity contribution in [1.82, 2.24) is 0 Å². The highest BCUT2D eigenvalue weighted by Crippen LogP contribution is 2.33. The van der Waals surface area contributed by atoms with Gasteiger partial charge in [-0.2, -0.15) is 0 Å². The highest BCUT2D eigenvalue weighted by atomic mass is 28.4. The van der Waals surface area contributed by atoms with Gasteiger partial charge in [0.2, 0.25) is 5.79 Å². The lowest BCUT2D eigenvalue weighted by Gasteiger charge is -2.36. The van der Waals surface area contributed by atoms with Crippen molar-refractivity contribution in [1.29, 1.82) is 0 Å². The Morgan fingerprint density at radius 1 is 1.00 bits per heavy atom. The number of hydrogen-bond donors (Lipinski definition) is 0. The topological polar surface area (TPSA) is 27.7 Å². The van der Waals surface area contributed by atoms with Crippen LogP contribution in [0.1, 0.15) is 37.7 Å². The number of benzene rings is 1. The molecule has 0 radical (unpaired) electrons. The maximum absolute atomic E-state index is 6.18. The van der Waals surface area contributed by atoms with Crippen LogP contribution < -0.4 is 4.74 Å². The number of ether oxygens (including phenoxy) is 2. The molecule has 3 nitrogen and oxygen atoms in total. The third-order valence-electron chi connectivity index (χ3n) is 4.78. The maximum Gasteiger partial charge on any atom is 0.210 e. The van der Waals surface area contributed by atoms with E-state index in [0.717, 1.165) is 31.1 Å². The first-order valence-corrected chi connectivity index (χ1v) is 11.5. The zero-order valence-corrected chi connectivity index (χ0v) is 15.5. The Labute approximate surface area is 136 Å². The minimum absolute atomic E-state index is 0.412. The van der Waals surface area contributed by atoms with Crippen LogP contribution in [0.5, 0.6) is 5.75 Å². The molecule has 0 heterocycles. The molecule has 0 N–H and O–H groups in total. The summed E-state index contributed by atoms with van der Waals surface area (Å²) in [6.07, 6.45) is 6.69. The van der Waals surface area contributed by atoms with Crippen LogP contribution in [-0.4, -0.2) is 28.3 Å². The monoisotopic (exact) mass is 322 g/mol. The minimum Gasteiger partial charge on any atom is -0.462 e. The summed E-state index contributed by atoms with van der Waals surface area (Å²) < 4.78 is 17.5. The highest BCUT2D eigenvalue weighted by Gasteiger charge is 2.34. The lowest BCUT2D eigenvalue weighted by Crippen LogP contribution is -2.40. The third kappa shape index (κ3) is 4.83. The normalized spacial score (nSPS) is 18.2. The van der Waals surface area contributed by atoms with E-state index in [2.05, 4.69) is 37.4 Å². The van der Waals surface area contributed by atoms with Crippen molar-refractivity contribution >= 4 is 8.32 Å². The van der Waals surface area contributed by atoms with Crippen molar-refractivity contribution in [2.45, 2.75) is 63.5 Å². The smallest absolute Gasteiger partial charge is 0.210 e. The molecule has 1 aromatic rings. The molecule has 0 amide bonds. The van der Waals surface area contributed by atoms with Gasteiger partial charge in [-0.25, -0.2) is 0 Å². The van der Waals surface area contributed by atoms with Gasteiger partial charge in [0, 0.05) is 27.1 Å². The second-order valence-corrected chi connectivity index (χ2v) is 11.3. The molecule has 1 aliphatic carbocycles. The number of rotatable bonds is 7. The van der Waals surface area contributed by atoms with Crippen LogP contribution in [0.3, 0.4) is 0 Å². The number of aryl methyl sites for hydroxylation is 1. The average molecular weight is 323 g/mol. The highest BCUT2D eigenvalue weighted by molar-refractivity contribution is 6.71. The Morgan fingerprint density at radius 2 is 1.64 bits per heavy atom. The summed E-state index contributed by atoms with van der Waals surface area (Å²) in [7, 11) is 2.11. The minimum atomic E-state index is -1.48. The van der Waals surface area contributed by atoms with Crippen LogP contribution in [0.25, 0.3) is 0 Å². The lowest BCUT2D eigenvalue weighted by atomic mass is 9.94. The molecule has 1 saturated carbocycles. The molecule has 4 heteroatoms. The predicted octanol–water partition coefficient (Wildman–Crippen LogP) is 4.77. The zero-order chi connectivity index (χ0) is 16.1. The van der Waals surface area contributed by atoms with Crippen LogP contribution in [-0.2, 0) is 15.6 Å². The summed E-state index contributed by atoms with van der Waals surface area (Å²) in [5.74, 6) is 0.501. The predicted molar refractivity (Wildman–Crippen MR) is 92.9 cm³/mol. The largest absolute Gasteiger partial charge is 0.462 e. The molecular weight excluding hydrogens is 292 g/mol. The molecule has 2 rings (SSSR count). The van der Waals surface area contributed by atoms with E-state index in [-0.39, 0.29) is 0 Å². The van der Waals surface area contributed by atoms with E-state index in [1.54, 1.807) is 7.11 Å². The van der Waals surface area contributed by atoms with Gasteiger partial charge in [0.1, 0.15) is 5.75 Å². The molecule has 124 valence electrons. The summed E-state index contributed by atoms with van der Waals surface area (Å²) >= 11 is 0. The summed E-state index contributed by atoms with van der Waals surface area (Å²) in [6, 6.07) is 9.63. The van der Waals surface area contributed by atoms with Crippen LogP contribution >= 0.6 is 0 Å². The molecule has 0 saturated heterocycles. The van der Waals surface area contributed by atoms with Gasteiger partial charge >= 0.3 is 0 Å². The zero-order valence-electron chi connectivity index (χ0n) is 14.5. The Kier molecular flexibility index (Phi) is 6.06. The maximum atomic E-state index is 6.18. The molecule has 1 aliphatic rings. The average Bonchev–Trinajstić information content (AvgIpc) is 2.55. The van der Waals surface area contributed by atoms with Gasteiger partial charge < -0.3 is 13.9 Å². The van der Waals surface area contributed by atoms with E-state index in [1.165, 1.54) is 24.8 Å². The molecule has 1 aromatic carbocycles. The van der Waals surface area contributed by atoms with Gasteiger partial charge in [-0.15, -0.1) is 0 Å². The molecule has 22 heavy (non-hydrogen) atoms. The van der Waals surface area contributed by atoms with Crippen molar-refractivity contribution in [3.05, 3.63) is 29.8 Å². The standard InChI is InChI=1S/C18H30O3Si/c1-19-18(13-6-5-7-14-18)21-17-10-8-16(9-11-17)12-15-22(3,4)20-2/h8-11H,5-7,12-15H2,1-4H3. The fourth-order valence-electron chi connectivity index (χ4n) is 2.92. The summed E-state index contributed by atoms with van der Waals surface area (Å²) in [4.78, 5) is 0. The Hall–Kier alpha value is -0.843. The van der Waals surface area contributed by atoms with Crippen LogP contribution in [0.4, 0.5) is 0 Å². The van der Waals surface area contributed by atoms with Gasteiger partial charge in [-0.05, 0) is 56.1 Å². The van der Waals surface area contributed by atoms with Gasteiger partial charge in [-0.1, -0.05) is 18.6 Å². The Balaban J connectivity index is 1.94. The first-order chi connectivity index (χ1) is 10.5. The molecule has 0 atom stereocenters. The fraction of sp³-hybridized carbons (Fsp3) is 0.667. The first-order valence-electron chi connectivity index (χ1n) is 8.37. The second kappa shape index (κ2) is 7.62. The van der Waals surface area contributed by atoms with Gasteiger partial charge in [0.25, 0.3) is 0 Å². The van der Waals surface area contributed by atoms with Gasteiger partial charge in [0.05, 0.1) is 0 Å². The molecule has 0 aromatic heterocycles. The van der Waals surface area contributed by atoms with Crippen LogP contribution in [0.15, 0.2) is 24.3 Å². The molecule has 1 fully saturated rings. The van der Waals surface area contributed by atoms with Crippen LogP contribution in [0, 0.1) is 0 Å².